The molecule has 0 fully saturated rings. The SMILES string of the molecule is C=C(CO)CCc1cccc(OC(=O)CCCCCCCCCCCCCC(C)O)n1. The van der Waals surface area contributed by atoms with E-state index in [9.17, 15) is 9.90 Å². The zero-order valence-corrected chi connectivity index (χ0v) is 19.5. The van der Waals surface area contributed by atoms with Crippen LogP contribution in [0.1, 0.15) is 103 Å². The van der Waals surface area contributed by atoms with Crippen molar-refractivity contribution in [3.8, 4) is 5.88 Å². The van der Waals surface area contributed by atoms with Crippen LogP contribution in [0.3, 0.4) is 0 Å². The van der Waals surface area contributed by atoms with Gasteiger partial charge in [0.2, 0.25) is 5.88 Å². The summed E-state index contributed by atoms with van der Waals surface area (Å²) in [5, 5.41) is 18.2. The van der Waals surface area contributed by atoms with E-state index in [4.69, 9.17) is 9.84 Å². The molecule has 1 aromatic heterocycles. The fraction of sp³-hybridized carbons (Fsp3) is 0.692. The molecule has 0 aromatic carbocycles. The van der Waals surface area contributed by atoms with Crippen LogP contribution in [0.15, 0.2) is 30.4 Å². The Morgan fingerprint density at radius 3 is 2.13 bits per heavy atom. The van der Waals surface area contributed by atoms with E-state index in [2.05, 4.69) is 11.6 Å². The van der Waals surface area contributed by atoms with Gasteiger partial charge in [-0.25, -0.2) is 4.98 Å². The van der Waals surface area contributed by atoms with Gasteiger partial charge in [-0.1, -0.05) is 82.4 Å². The largest absolute Gasteiger partial charge is 0.407 e. The lowest BCUT2D eigenvalue weighted by atomic mass is 10.0. The lowest BCUT2D eigenvalue weighted by molar-refractivity contribution is -0.134. The smallest absolute Gasteiger partial charge is 0.312 e. The van der Waals surface area contributed by atoms with Crippen LogP contribution in [-0.2, 0) is 11.2 Å². The van der Waals surface area contributed by atoms with Crippen LogP contribution >= 0.6 is 0 Å². The highest BCUT2D eigenvalue weighted by molar-refractivity contribution is 5.71. The van der Waals surface area contributed by atoms with E-state index in [0.29, 0.717) is 25.1 Å². The van der Waals surface area contributed by atoms with Crippen molar-refractivity contribution in [2.24, 2.45) is 0 Å². The second-order valence-electron chi connectivity index (χ2n) is 8.63. The maximum Gasteiger partial charge on any atom is 0.312 e. The van der Waals surface area contributed by atoms with Gasteiger partial charge in [-0.2, -0.15) is 0 Å². The van der Waals surface area contributed by atoms with E-state index in [1.165, 1.54) is 51.4 Å². The quantitative estimate of drug-likeness (QED) is 0.161. The molecule has 0 spiro atoms. The van der Waals surface area contributed by atoms with E-state index in [1.54, 1.807) is 6.07 Å². The fourth-order valence-corrected chi connectivity index (χ4v) is 3.51. The van der Waals surface area contributed by atoms with Gasteiger partial charge in [-0.15, -0.1) is 0 Å². The van der Waals surface area contributed by atoms with E-state index in [-0.39, 0.29) is 18.7 Å². The molecule has 1 aromatic rings. The third kappa shape index (κ3) is 15.7. The zero-order chi connectivity index (χ0) is 22.7. The number of aliphatic hydroxyl groups is 2. The molecule has 0 saturated carbocycles. The minimum Gasteiger partial charge on any atom is -0.407 e. The molecule has 0 aliphatic rings. The number of hydrogen-bond donors (Lipinski definition) is 2. The second-order valence-corrected chi connectivity index (χ2v) is 8.63. The molecule has 0 aliphatic carbocycles. The number of unbranched alkanes of at least 4 members (excludes halogenated alkanes) is 10. The van der Waals surface area contributed by atoms with Crippen LogP contribution in [0.2, 0.25) is 0 Å². The first-order valence-electron chi connectivity index (χ1n) is 12.1. The Morgan fingerprint density at radius 2 is 1.55 bits per heavy atom. The third-order valence-electron chi connectivity index (χ3n) is 5.46. The van der Waals surface area contributed by atoms with E-state index >= 15 is 0 Å². The number of carbonyl (C=O) groups excluding carboxylic acids is 1. The molecule has 0 aliphatic heterocycles. The number of aliphatic hydroxyl groups excluding tert-OH is 2. The third-order valence-corrected chi connectivity index (χ3v) is 5.46. The van der Waals surface area contributed by atoms with Gasteiger partial charge in [-0.05, 0) is 38.7 Å². The molecular formula is C26H43NO4. The van der Waals surface area contributed by atoms with Crippen molar-refractivity contribution in [2.45, 2.75) is 109 Å². The summed E-state index contributed by atoms with van der Waals surface area (Å²) in [5.74, 6) is 0.128. The molecule has 0 radical (unpaired) electrons. The van der Waals surface area contributed by atoms with Gasteiger partial charge >= 0.3 is 5.97 Å². The highest BCUT2D eigenvalue weighted by Crippen LogP contribution is 2.15. The summed E-state index contributed by atoms with van der Waals surface area (Å²) in [6.07, 6.45) is 15.7. The summed E-state index contributed by atoms with van der Waals surface area (Å²) in [4.78, 5) is 16.4. The molecule has 1 rings (SSSR count). The summed E-state index contributed by atoms with van der Waals surface area (Å²) < 4.78 is 5.37. The normalized spacial score (nSPS) is 12.0. The maximum atomic E-state index is 12.0. The molecule has 1 unspecified atom stereocenters. The van der Waals surface area contributed by atoms with Gasteiger partial charge < -0.3 is 14.9 Å². The Bertz CT molecular complexity index is 615. The monoisotopic (exact) mass is 433 g/mol. The number of ether oxygens (including phenoxy) is 1. The molecule has 2 N–H and O–H groups in total. The average Bonchev–Trinajstić information content (AvgIpc) is 2.75. The summed E-state index contributed by atoms with van der Waals surface area (Å²) >= 11 is 0. The Hall–Kier alpha value is -1.72. The van der Waals surface area contributed by atoms with Crippen molar-refractivity contribution in [1.82, 2.24) is 4.98 Å². The van der Waals surface area contributed by atoms with Crippen molar-refractivity contribution >= 4 is 5.97 Å². The fourth-order valence-electron chi connectivity index (χ4n) is 3.51. The van der Waals surface area contributed by atoms with Crippen LogP contribution in [0, 0.1) is 0 Å². The van der Waals surface area contributed by atoms with Gasteiger partial charge in [0, 0.05) is 18.2 Å². The van der Waals surface area contributed by atoms with Crippen LogP contribution in [-0.4, -0.2) is 33.9 Å². The minimum absolute atomic E-state index is 0.0136. The first kappa shape index (κ1) is 27.3. The van der Waals surface area contributed by atoms with Crippen molar-refractivity contribution in [1.29, 1.82) is 0 Å². The molecule has 5 nitrogen and oxygen atoms in total. The van der Waals surface area contributed by atoms with Crippen molar-refractivity contribution in [2.75, 3.05) is 6.61 Å². The lowest BCUT2D eigenvalue weighted by Gasteiger charge is -2.06. The molecule has 5 heteroatoms. The molecule has 0 saturated heterocycles. The van der Waals surface area contributed by atoms with E-state index < -0.39 is 0 Å². The van der Waals surface area contributed by atoms with Gasteiger partial charge in [0.05, 0.1) is 12.7 Å². The summed E-state index contributed by atoms with van der Waals surface area (Å²) in [7, 11) is 0. The number of esters is 1. The molecular weight excluding hydrogens is 390 g/mol. The van der Waals surface area contributed by atoms with E-state index in [1.807, 2.05) is 19.1 Å². The number of aryl methyl sites for hydroxylation is 1. The summed E-state index contributed by atoms with van der Waals surface area (Å²) in [5.41, 5.74) is 1.60. The van der Waals surface area contributed by atoms with Crippen LogP contribution in [0.4, 0.5) is 0 Å². The predicted molar refractivity (Wildman–Crippen MR) is 126 cm³/mol. The Labute approximate surface area is 188 Å². The summed E-state index contributed by atoms with van der Waals surface area (Å²) in [6.45, 7) is 5.62. The molecule has 1 heterocycles. The topological polar surface area (TPSA) is 79.7 Å². The highest BCUT2D eigenvalue weighted by atomic mass is 16.5. The first-order valence-corrected chi connectivity index (χ1v) is 12.1. The first-order chi connectivity index (χ1) is 15.0. The number of hydrogen-bond acceptors (Lipinski definition) is 5. The molecule has 1 atom stereocenters. The number of nitrogens with zero attached hydrogens (tertiary/aromatic N) is 1. The number of carbonyl (C=O) groups is 1. The van der Waals surface area contributed by atoms with Crippen molar-refractivity contribution in [3.05, 3.63) is 36.0 Å². The second kappa shape index (κ2) is 17.9. The Balaban J connectivity index is 2.00. The van der Waals surface area contributed by atoms with Gasteiger partial charge in [0.15, 0.2) is 0 Å². The van der Waals surface area contributed by atoms with Crippen molar-refractivity contribution in [3.63, 3.8) is 0 Å². The average molecular weight is 434 g/mol. The standard InChI is InChI=1S/C26H43NO4/c1-22(21-28)19-20-24-16-14-17-25(27-24)31-26(30)18-13-11-9-7-5-3-4-6-8-10-12-15-23(2)29/h14,16-17,23,28-29H,1,3-13,15,18-21H2,2H3. The zero-order valence-electron chi connectivity index (χ0n) is 19.5. The molecule has 0 bridgehead atoms. The predicted octanol–water partition coefficient (Wildman–Crippen LogP) is 5.92. The maximum absolute atomic E-state index is 12.0. The van der Waals surface area contributed by atoms with Crippen LogP contribution in [0.5, 0.6) is 5.88 Å². The lowest BCUT2D eigenvalue weighted by Crippen LogP contribution is -2.09. The van der Waals surface area contributed by atoms with Crippen LogP contribution < -0.4 is 4.74 Å². The van der Waals surface area contributed by atoms with Gasteiger partial charge in [0.25, 0.3) is 0 Å². The minimum atomic E-state index is -0.222. The number of rotatable bonds is 19. The molecule has 31 heavy (non-hydrogen) atoms. The van der Waals surface area contributed by atoms with Gasteiger partial charge in [-0.3, -0.25) is 4.79 Å². The Kier molecular flexibility index (Phi) is 15.8. The number of pyridine rings is 1. The van der Waals surface area contributed by atoms with E-state index in [0.717, 1.165) is 37.0 Å². The molecule has 176 valence electrons. The van der Waals surface area contributed by atoms with Gasteiger partial charge in [0.1, 0.15) is 0 Å². The molecule has 0 amide bonds. The highest BCUT2D eigenvalue weighted by Gasteiger charge is 2.07. The van der Waals surface area contributed by atoms with Crippen LogP contribution in [0.25, 0.3) is 0 Å². The van der Waals surface area contributed by atoms with Crippen molar-refractivity contribution < 1.29 is 19.7 Å². The summed E-state index contributed by atoms with van der Waals surface area (Å²) in [6, 6.07) is 5.43. The Morgan fingerprint density at radius 1 is 0.968 bits per heavy atom. The number of aromatic nitrogens is 1.